The van der Waals surface area contributed by atoms with Crippen LogP contribution in [0.3, 0.4) is 0 Å². The molecule has 1 aromatic carbocycles. The van der Waals surface area contributed by atoms with Gasteiger partial charge in [-0.2, -0.15) is 0 Å². The van der Waals surface area contributed by atoms with Crippen molar-refractivity contribution in [3.05, 3.63) is 29.6 Å². The minimum Gasteiger partial charge on any atom is -0.494 e. The lowest BCUT2D eigenvalue weighted by Gasteiger charge is -2.35. The first-order valence-electron chi connectivity index (χ1n) is 6.41. The van der Waals surface area contributed by atoms with Gasteiger partial charge in [-0.3, -0.25) is 4.79 Å². The molecule has 0 aliphatic carbocycles. The molecule has 0 bridgehead atoms. The Hall–Kier alpha value is -1.62. The van der Waals surface area contributed by atoms with Gasteiger partial charge in [0.25, 0.3) is 5.91 Å². The van der Waals surface area contributed by atoms with E-state index >= 15 is 0 Å². The second-order valence-electron chi connectivity index (χ2n) is 5.03. The van der Waals surface area contributed by atoms with Crippen LogP contribution >= 0.6 is 0 Å². The molecule has 5 heteroatoms. The van der Waals surface area contributed by atoms with Crippen LogP contribution in [0, 0.1) is 11.7 Å². The molecule has 104 valence electrons. The average Bonchev–Trinajstić information content (AvgIpc) is 2.41. The van der Waals surface area contributed by atoms with Crippen LogP contribution in [-0.4, -0.2) is 37.0 Å². The van der Waals surface area contributed by atoms with Gasteiger partial charge in [0, 0.05) is 24.7 Å². The molecule has 0 aromatic heterocycles. The maximum atomic E-state index is 13.3. The Morgan fingerprint density at radius 3 is 2.89 bits per heavy atom. The molecular formula is C14H19FN2O2. The summed E-state index contributed by atoms with van der Waals surface area (Å²) in [7, 11) is 1.38. The SMILES string of the molecule is COc1cc(C(=O)N2CCC(C)C(N)C2)ccc1F. The van der Waals surface area contributed by atoms with E-state index in [1.54, 1.807) is 4.90 Å². The summed E-state index contributed by atoms with van der Waals surface area (Å²) in [5, 5.41) is 0. The lowest BCUT2D eigenvalue weighted by atomic mass is 9.94. The van der Waals surface area contributed by atoms with Crippen LogP contribution in [0.15, 0.2) is 18.2 Å². The third-order valence-corrected chi connectivity index (χ3v) is 3.70. The van der Waals surface area contributed by atoms with E-state index in [-0.39, 0.29) is 17.7 Å². The average molecular weight is 266 g/mol. The Labute approximate surface area is 112 Å². The standard InChI is InChI=1S/C14H19FN2O2/c1-9-5-6-17(8-12(9)16)14(18)10-3-4-11(15)13(7-10)19-2/h3-4,7,9,12H,5-6,8,16H2,1-2H3. The number of piperidine rings is 1. The van der Waals surface area contributed by atoms with Gasteiger partial charge < -0.3 is 15.4 Å². The first-order chi connectivity index (χ1) is 9.02. The van der Waals surface area contributed by atoms with E-state index in [0.29, 0.717) is 24.6 Å². The first kappa shape index (κ1) is 13.8. The van der Waals surface area contributed by atoms with Crippen molar-refractivity contribution in [1.82, 2.24) is 4.90 Å². The van der Waals surface area contributed by atoms with Crippen molar-refractivity contribution in [2.45, 2.75) is 19.4 Å². The van der Waals surface area contributed by atoms with Crippen molar-refractivity contribution in [3.8, 4) is 5.75 Å². The molecule has 0 radical (unpaired) electrons. The minimum absolute atomic E-state index is 0.0000407. The van der Waals surface area contributed by atoms with Crippen LogP contribution in [0.2, 0.25) is 0 Å². The van der Waals surface area contributed by atoms with Gasteiger partial charge in [-0.25, -0.2) is 4.39 Å². The molecule has 1 aromatic rings. The molecule has 2 N–H and O–H groups in total. The van der Waals surface area contributed by atoms with Gasteiger partial charge >= 0.3 is 0 Å². The zero-order chi connectivity index (χ0) is 14.0. The summed E-state index contributed by atoms with van der Waals surface area (Å²) in [4.78, 5) is 14.0. The number of carbonyl (C=O) groups is 1. The second kappa shape index (κ2) is 5.57. The summed E-state index contributed by atoms with van der Waals surface area (Å²) in [6.07, 6.45) is 0.894. The first-order valence-corrected chi connectivity index (χ1v) is 6.41. The number of nitrogens with zero attached hydrogens (tertiary/aromatic N) is 1. The van der Waals surface area contributed by atoms with Crippen molar-refractivity contribution in [2.24, 2.45) is 11.7 Å². The summed E-state index contributed by atoms with van der Waals surface area (Å²) in [5.74, 6) is -0.0870. The van der Waals surface area contributed by atoms with Gasteiger partial charge in [-0.05, 0) is 30.5 Å². The molecule has 1 fully saturated rings. The Balaban J connectivity index is 2.15. The maximum Gasteiger partial charge on any atom is 0.254 e. The third-order valence-electron chi connectivity index (χ3n) is 3.70. The quantitative estimate of drug-likeness (QED) is 0.885. The number of ether oxygens (including phenoxy) is 1. The zero-order valence-electron chi connectivity index (χ0n) is 11.2. The second-order valence-corrected chi connectivity index (χ2v) is 5.03. The number of benzene rings is 1. The van der Waals surface area contributed by atoms with Crippen molar-refractivity contribution in [1.29, 1.82) is 0 Å². The lowest BCUT2D eigenvalue weighted by molar-refractivity contribution is 0.0672. The van der Waals surface area contributed by atoms with Crippen LogP contribution in [0.25, 0.3) is 0 Å². The summed E-state index contributed by atoms with van der Waals surface area (Å²) in [6, 6.07) is 4.16. The summed E-state index contributed by atoms with van der Waals surface area (Å²) >= 11 is 0. The highest BCUT2D eigenvalue weighted by atomic mass is 19.1. The number of rotatable bonds is 2. The Morgan fingerprint density at radius 2 is 2.26 bits per heavy atom. The van der Waals surface area contributed by atoms with Gasteiger partial charge in [0.05, 0.1) is 7.11 Å². The fourth-order valence-electron chi connectivity index (χ4n) is 2.26. The van der Waals surface area contributed by atoms with E-state index in [0.717, 1.165) is 6.42 Å². The van der Waals surface area contributed by atoms with E-state index in [9.17, 15) is 9.18 Å². The molecule has 1 aliphatic rings. The van der Waals surface area contributed by atoms with Gasteiger partial charge in [-0.1, -0.05) is 6.92 Å². The van der Waals surface area contributed by atoms with Crippen LogP contribution in [0.4, 0.5) is 4.39 Å². The highest BCUT2D eigenvalue weighted by Crippen LogP contribution is 2.22. The van der Waals surface area contributed by atoms with Crippen LogP contribution in [0.5, 0.6) is 5.75 Å². The lowest BCUT2D eigenvalue weighted by Crippen LogP contribution is -2.49. The smallest absolute Gasteiger partial charge is 0.254 e. The third kappa shape index (κ3) is 2.87. The highest BCUT2D eigenvalue weighted by Gasteiger charge is 2.27. The molecule has 4 nitrogen and oxygen atoms in total. The Bertz CT molecular complexity index is 479. The molecule has 19 heavy (non-hydrogen) atoms. The molecule has 1 amide bonds. The Kier molecular flexibility index (Phi) is 4.04. The van der Waals surface area contributed by atoms with E-state index in [1.807, 2.05) is 0 Å². The van der Waals surface area contributed by atoms with Gasteiger partial charge in [0.2, 0.25) is 0 Å². The maximum absolute atomic E-state index is 13.3. The minimum atomic E-state index is -0.469. The predicted molar refractivity (Wildman–Crippen MR) is 70.6 cm³/mol. The number of methoxy groups -OCH3 is 1. The van der Waals surface area contributed by atoms with Gasteiger partial charge in [0.15, 0.2) is 11.6 Å². The number of hydrogen-bond donors (Lipinski definition) is 1. The van der Waals surface area contributed by atoms with Crippen molar-refractivity contribution in [3.63, 3.8) is 0 Å². The van der Waals surface area contributed by atoms with Crippen LogP contribution in [-0.2, 0) is 0 Å². The molecule has 1 aliphatic heterocycles. The molecular weight excluding hydrogens is 247 g/mol. The molecule has 2 rings (SSSR count). The number of nitrogens with two attached hydrogens (primary N) is 1. The van der Waals surface area contributed by atoms with E-state index in [4.69, 9.17) is 10.5 Å². The molecule has 1 heterocycles. The summed E-state index contributed by atoms with van der Waals surface area (Å²) in [6.45, 7) is 3.32. The Morgan fingerprint density at radius 1 is 1.53 bits per heavy atom. The van der Waals surface area contributed by atoms with E-state index in [2.05, 4.69) is 6.92 Å². The number of amides is 1. The van der Waals surface area contributed by atoms with E-state index in [1.165, 1.54) is 25.3 Å². The normalized spacial score (nSPS) is 23.3. The predicted octanol–water partition coefficient (Wildman–Crippen LogP) is 1.64. The van der Waals surface area contributed by atoms with Crippen molar-refractivity contribution >= 4 is 5.91 Å². The van der Waals surface area contributed by atoms with Gasteiger partial charge in [-0.15, -0.1) is 0 Å². The highest BCUT2D eigenvalue weighted by molar-refractivity contribution is 5.94. The number of halogens is 1. The van der Waals surface area contributed by atoms with Crippen LogP contribution < -0.4 is 10.5 Å². The van der Waals surface area contributed by atoms with Crippen molar-refractivity contribution < 1.29 is 13.9 Å². The fraction of sp³-hybridized carbons (Fsp3) is 0.500. The molecule has 1 saturated heterocycles. The number of likely N-dealkylation sites (tertiary alicyclic amines) is 1. The molecule has 2 unspecified atom stereocenters. The summed E-state index contributed by atoms with van der Waals surface area (Å²) < 4.78 is 18.2. The molecule has 0 spiro atoms. The molecule has 2 atom stereocenters. The fourth-order valence-corrected chi connectivity index (χ4v) is 2.26. The number of carbonyl (C=O) groups excluding carboxylic acids is 1. The molecule has 0 saturated carbocycles. The van der Waals surface area contributed by atoms with E-state index < -0.39 is 5.82 Å². The largest absolute Gasteiger partial charge is 0.494 e. The number of hydrogen-bond acceptors (Lipinski definition) is 3. The zero-order valence-corrected chi connectivity index (χ0v) is 11.2. The van der Waals surface area contributed by atoms with Gasteiger partial charge in [0.1, 0.15) is 0 Å². The topological polar surface area (TPSA) is 55.6 Å². The summed E-state index contributed by atoms with van der Waals surface area (Å²) in [5.41, 5.74) is 6.42. The van der Waals surface area contributed by atoms with Crippen molar-refractivity contribution in [2.75, 3.05) is 20.2 Å². The van der Waals surface area contributed by atoms with Crippen LogP contribution in [0.1, 0.15) is 23.7 Å². The monoisotopic (exact) mass is 266 g/mol.